The van der Waals surface area contributed by atoms with Gasteiger partial charge in [0.1, 0.15) is 0 Å². The first-order chi connectivity index (χ1) is 7.92. The topological polar surface area (TPSA) is 12.0 Å². The first kappa shape index (κ1) is 12.5. The molecule has 3 heteroatoms. The average Bonchev–Trinajstić information content (AvgIpc) is 2.85. The molecule has 2 unspecified atom stereocenters. The van der Waals surface area contributed by atoms with Gasteiger partial charge in [0.2, 0.25) is 0 Å². The van der Waals surface area contributed by atoms with E-state index in [0.29, 0.717) is 6.04 Å². The molecule has 1 N–H and O–H groups in total. The van der Waals surface area contributed by atoms with Gasteiger partial charge in [0.25, 0.3) is 0 Å². The summed E-state index contributed by atoms with van der Waals surface area (Å²) in [6.45, 7) is 3.38. The Kier molecular flexibility index (Phi) is 5.20. The molecule has 1 aliphatic heterocycles. The van der Waals surface area contributed by atoms with Crippen LogP contribution in [0.1, 0.15) is 43.5 Å². The van der Waals surface area contributed by atoms with Gasteiger partial charge < -0.3 is 5.32 Å². The van der Waals surface area contributed by atoms with Gasteiger partial charge >= 0.3 is 0 Å². The third-order valence-electron chi connectivity index (χ3n) is 3.05. The number of hydrogen-bond donors (Lipinski definition) is 1. The molecule has 2 rings (SSSR count). The van der Waals surface area contributed by atoms with Crippen LogP contribution in [0.2, 0.25) is 0 Å². The summed E-state index contributed by atoms with van der Waals surface area (Å²) in [4.78, 5) is 1.52. The maximum absolute atomic E-state index is 3.73. The highest BCUT2D eigenvalue weighted by Crippen LogP contribution is 2.36. The second-order valence-electron chi connectivity index (χ2n) is 4.35. The van der Waals surface area contributed by atoms with Crippen molar-refractivity contribution in [1.29, 1.82) is 0 Å². The minimum absolute atomic E-state index is 0.588. The van der Waals surface area contributed by atoms with Gasteiger partial charge in [0.15, 0.2) is 0 Å². The molecule has 2 atom stereocenters. The van der Waals surface area contributed by atoms with E-state index in [1.807, 2.05) is 11.3 Å². The van der Waals surface area contributed by atoms with E-state index in [1.54, 1.807) is 0 Å². The first-order valence-electron chi connectivity index (χ1n) is 6.30. The molecule has 1 nitrogen and oxygen atoms in total. The lowest BCUT2D eigenvalue weighted by Crippen LogP contribution is -2.31. The molecule has 0 bridgehead atoms. The maximum Gasteiger partial charge on any atom is 0.0535 e. The van der Waals surface area contributed by atoms with E-state index in [-0.39, 0.29) is 0 Å². The Morgan fingerprint density at radius 3 is 3.06 bits per heavy atom. The molecule has 90 valence electrons. The zero-order valence-corrected chi connectivity index (χ0v) is 11.6. The summed E-state index contributed by atoms with van der Waals surface area (Å²) in [5, 5.41) is 6.72. The Hall–Kier alpha value is 0.01000. The van der Waals surface area contributed by atoms with Gasteiger partial charge in [-0.05, 0) is 43.0 Å². The van der Waals surface area contributed by atoms with Crippen molar-refractivity contribution in [2.24, 2.45) is 0 Å². The van der Waals surface area contributed by atoms with Crippen LogP contribution in [0.3, 0.4) is 0 Å². The lowest BCUT2D eigenvalue weighted by molar-refractivity contribution is 0.485. The molecule has 0 amide bonds. The summed E-state index contributed by atoms with van der Waals surface area (Å²) >= 11 is 4.06. The Balaban J connectivity index is 2.01. The van der Waals surface area contributed by atoms with Gasteiger partial charge in [-0.3, -0.25) is 0 Å². The van der Waals surface area contributed by atoms with E-state index < -0.39 is 0 Å². The Morgan fingerprint density at radius 2 is 2.44 bits per heavy atom. The van der Waals surface area contributed by atoms with Crippen LogP contribution in [-0.4, -0.2) is 17.5 Å². The van der Waals surface area contributed by atoms with Crippen LogP contribution in [0, 0.1) is 0 Å². The Bertz CT molecular complexity index is 278. The molecular formula is C13H21NS2. The number of thiophene rings is 1. The molecular weight excluding hydrogens is 234 g/mol. The van der Waals surface area contributed by atoms with Gasteiger partial charge in [-0.25, -0.2) is 0 Å². The number of rotatable bonds is 5. The van der Waals surface area contributed by atoms with Gasteiger partial charge in [0, 0.05) is 10.1 Å². The van der Waals surface area contributed by atoms with E-state index in [0.717, 1.165) is 11.8 Å². The van der Waals surface area contributed by atoms with E-state index in [1.165, 1.54) is 36.3 Å². The Morgan fingerprint density at radius 1 is 1.50 bits per heavy atom. The fourth-order valence-corrected chi connectivity index (χ4v) is 4.61. The second-order valence-corrected chi connectivity index (χ2v) is 6.68. The first-order valence-corrected chi connectivity index (χ1v) is 8.23. The maximum atomic E-state index is 3.73. The van der Waals surface area contributed by atoms with Crippen molar-refractivity contribution >= 4 is 23.1 Å². The summed E-state index contributed by atoms with van der Waals surface area (Å²) < 4.78 is 0. The number of thioether (sulfide) groups is 1. The predicted molar refractivity (Wildman–Crippen MR) is 75.5 cm³/mol. The minimum Gasteiger partial charge on any atom is -0.308 e. The molecule has 0 aromatic carbocycles. The Labute approximate surface area is 107 Å². The third kappa shape index (κ3) is 3.25. The molecule has 1 aromatic rings. The summed E-state index contributed by atoms with van der Waals surface area (Å²) in [6.07, 6.45) is 5.42. The fraction of sp³-hybridized carbons (Fsp3) is 0.692. The molecule has 0 saturated carbocycles. The molecule has 1 aliphatic rings. The van der Waals surface area contributed by atoms with Gasteiger partial charge in [-0.15, -0.1) is 11.3 Å². The third-order valence-corrected chi connectivity index (χ3v) is 5.47. The van der Waals surface area contributed by atoms with Crippen molar-refractivity contribution in [3.63, 3.8) is 0 Å². The lowest BCUT2D eigenvalue weighted by atomic mass is 10.1. The molecule has 1 aromatic heterocycles. The van der Waals surface area contributed by atoms with Crippen LogP contribution >= 0.6 is 23.1 Å². The quantitative estimate of drug-likeness (QED) is 0.851. The van der Waals surface area contributed by atoms with Crippen LogP contribution in [0.25, 0.3) is 0 Å². The van der Waals surface area contributed by atoms with Gasteiger partial charge in [0.05, 0.1) is 6.04 Å². The van der Waals surface area contributed by atoms with E-state index >= 15 is 0 Å². The van der Waals surface area contributed by atoms with E-state index in [9.17, 15) is 0 Å². The molecule has 2 heterocycles. The number of nitrogens with one attached hydrogen (secondary N) is 1. The highest BCUT2D eigenvalue weighted by molar-refractivity contribution is 8.00. The second kappa shape index (κ2) is 6.67. The smallest absolute Gasteiger partial charge is 0.0535 e. The summed E-state index contributed by atoms with van der Waals surface area (Å²) in [7, 11) is 0. The minimum atomic E-state index is 0.588. The molecule has 0 aliphatic carbocycles. The lowest BCUT2D eigenvalue weighted by Gasteiger charge is -2.30. The monoisotopic (exact) mass is 255 g/mol. The van der Waals surface area contributed by atoms with Crippen molar-refractivity contribution < 1.29 is 0 Å². The molecule has 1 fully saturated rings. The van der Waals surface area contributed by atoms with Crippen molar-refractivity contribution in [1.82, 2.24) is 5.32 Å². The largest absolute Gasteiger partial charge is 0.308 e. The van der Waals surface area contributed by atoms with E-state index in [2.05, 4.69) is 41.5 Å². The molecule has 0 spiro atoms. The van der Waals surface area contributed by atoms with Crippen LogP contribution in [0.15, 0.2) is 17.5 Å². The van der Waals surface area contributed by atoms with Crippen molar-refractivity contribution in [3.05, 3.63) is 22.4 Å². The zero-order chi connectivity index (χ0) is 11.2. The summed E-state index contributed by atoms with van der Waals surface area (Å²) in [5.74, 6) is 1.35. The van der Waals surface area contributed by atoms with Crippen LogP contribution in [0.5, 0.6) is 0 Å². The van der Waals surface area contributed by atoms with Crippen molar-refractivity contribution in [2.75, 3.05) is 12.3 Å². The predicted octanol–water partition coefficient (Wildman–Crippen LogP) is 4.07. The SMILES string of the molecule is CCCNC(c1cccs1)C1CCCCS1. The summed E-state index contributed by atoms with van der Waals surface area (Å²) in [5.41, 5.74) is 0. The van der Waals surface area contributed by atoms with Crippen molar-refractivity contribution in [3.8, 4) is 0 Å². The fourth-order valence-electron chi connectivity index (χ4n) is 2.21. The summed E-state index contributed by atoms with van der Waals surface area (Å²) in [6, 6.07) is 5.05. The average molecular weight is 255 g/mol. The molecule has 0 radical (unpaired) electrons. The highest BCUT2D eigenvalue weighted by atomic mass is 32.2. The van der Waals surface area contributed by atoms with Crippen molar-refractivity contribution in [2.45, 2.75) is 43.9 Å². The molecule has 1 saturated heterocycles. The van der Waals surface area contributed by atoms with Gasteiger partial charge in [-0.2, -0.15) is 11.8 Å². The van der Waals surface area contributed by atoms with Gasteiger partial charge in [-0.1, -0.05) is 19.4 Å². The zero-order valence-electron chi connectivity index (χ0n) is 9.95. The standard InChI is InChI=1S/C13H21NS2/c1-2-8-14-13(12-7-5-10-16-12)11-6-3-4-9-15-11/h5,7,10-11,13-14H,2-4,6,8-9H2,1H3. The highest BCUT2D eigenvalue weighted by Gasteiger charge is 2.25. The van der Waals surface area contributed by atoms with Crippen LogP contribution in [-0.2, 0) is 0 Å². The van der Waals surface area contributed by atoms with Crippen LogP contribution in [0.4, 0.5) is 0 Å². The van der Waals surface area contributed by atoms with E-state index in [4.69, 9.17) is 0 Å². The molecule has 16 heavy (non-hydrogen) atoms. The number of hydrogen-bond acceptors (Lipinski definition) is 3. The van der Waals surface area contributed by atoms with Crippen LogP contribution < -0.4 is 5.32 Å². The normalized spacial score (nSPS) is 23.2.